The van der Waals surface area contributed by atoms with Gasteiger partial charge in [-0.1, -0.05) is 6.07 Å². The van der Waals surface area contributed by atoms with Gasteiger partial charge in [0.25, 0.3) is 0 Å². The smallest absolute Gasteiger partial charge is 0.191 e. The molecule has 0 aromatic carbocycles. The van der Waals surface area contributed by atoms with Gasteiger partial charge in [0, 0.05) is 38.1 Å². The van der Waals surface area contributed by atoms with Crippen molar-refractivity contribution >= 4 is 11.8 Å². The molecule has 2 aromatic heterocycles. The van der Waals surface area contributed by atoms with Gasteiger partial charge in [-0.3, -0.25) is 4.98 Å². The molecule has 132 valence electrons. The molecule has 2 aromatic rings. The Morgan fingerprint density at radius 2 is 2.16 bits per heavy atom. The Kier molecular flexibility index (Phi) is 5.77. The van der Waals surface area contributed by atoms with Crippen LogP contribution in [0.4, 0.5) is 10.2 Å². The van der Waals surface area contributed by atoms with Gasteiger partial charge in [-0.05, 0) is 37.6 Å². The third-order valence-corrected chi connectivity index (χ3v) is 4.04. The highest BCUT2D eigenvalue weighted by molar-refractivity contribution is 5.80. The lowest BCUT2D eigenvalue weighted by molar-refractivity contribution is 0.612. The standard InChI is InChI=1S/C18H23FN6/c1-2-20-18(23-12-14-6-3-4-9-21-14)24-15-8-11-25(13-15)17-16(19)7-5-10-22-17/h3-7,9-10,15H,2,8,11-13H2,1H3,(H2,20,23,24). The van der Waals surface area contributed by atoms with E-state index in [9.17, 15) is 4.39 Å². The number of guanidine groups is 1. The summed E-state index contributed by atoms with van der Waals surface area (Å²) in [5.74, 6) is 0.891. The Morgan fingerprint density at radius 1 is 1.28 bits per heavy atom. The van der Waals surface area contributed by atoms with Crippen LogP contribution >= 0.6 is 0 Å². The van der Waals surface area contributed by atoms with Crippen molar-refractivity contribution in [2.45, 2.75) is 25.9 Å². The molecule has 25 heavy (non-hydrogen) atoms. The molecule has 7 heteroatoms. The normalized spacial score (nSPS) is 17.6. The van der Waals surface area contributed by atoms with Crippen LogP contribution in [0.5, 0.6) is 0 Å². The predicted octanol–water partition coefficient (Wildman–Crippen LogP) is 1.95. The predicted molar refractivity (Wildman–Crippen MR) is 97.0 cm³/mol. The molecule has 0 bridgehead atoms. The van der Waals surface area contributed by atoms with E-state index in [0.717, 1.165) is 31.2 Å². The SMILES string of the molecule is CCNC(=NCc1ccccn1)NC1CCN(c2ncccc2F)C1. The van der Waals surface area contributed by atoms with Crippen molar-refractivity contribution in [3.63, 3.8) is 0 Å². The minimum Gasteiger partial charge on any atom is -0.357 e. The molecular formula is C18H23FN6. The fourth-order valence-electron chi connectivity index (χ4n) is 2.85. The van der Waals surface area contributed by atoms with E-state index < -0.39 is 0 Å². The first kappa shape index (κ1) is 17.1. The molecule has 0 saturated carbocycles. The summed E-state index contributed by atoms with van der Waals surface area (Å²) in [6.07, 6.45) is 4.29. The minimum absolute atomic E-state index is 0.197. The van der Waals surface area contributed by atoms with E-state index in [0.29, 0.717) is 18.9 Å². The summed E-state index contributed by atoms with van der Waals surface area (Å²) in [7, 11) is 0. The second kappa shape index (κ2) is 8.41. The average molecular weight is 342 g/mol. The first-order valence-electron chi connectivity index (χ1n) is 8.56. The highest BCUT2D eigenvalue weighted by Gasteiger charge is 2.25. The van der Waals surface area contributed by atoms with Crippen molar-refractivity contribution in [2.24, 2.45) is 4.99 Å². The zero-order chi connectivity index (χ0) is 17.5. The van der Waals surface area contributed by atoms with Gasteiger partial charge in [-0.25, -0.2) is 14.4 Å². The zero-order valence-electron chi connectivity index (χ0n) is 14.3. The Hall–Kier alpha value is -2.70. The lowest BCUT2D eigenvalue weighted by Gasteiger charge is -2.19. The van der Waals surface area contributed by atoms with Gasteiger partial charge < -0.3 is 15.5 Å². The van der Waals surface area contributed by atoms with Crippen molar-refractivity contribution in [2.75, 3.05) is 24.5 Å². The van der Waals surface area contributed by atoms with Crippen LogP contribution < -0.4 is 15.5 Å². The van der Waals surface area contributed by atoms with Crippen LogP contribution in [-0.2, 0) is 6.54 Å². The Bertz CT molecular complexity index is 706. The summed E-state index contributed by atoms with van der Waals surface area (Å²) >= 11 is 0. The fourth-order valence-corrected chi connectivity index (χ4v) is 2.85. The third kappa shape index (κ3) is 4.65. The molecule has 3 rings (SSSR count). The van der Waals surface area contributed by atoms with E-state index in [4.69, 9.17) is 0 Å². The van der Waals surface area contributed by atoms with Gasteiger partial charge in [0.2, 0.25) is 0 Å². The van der Waals surface area contributed by atoms with Crippen molar-refractivity contribution in [3.05, 3.63) is 54.2 Å². The molecule has 2 N–H and O–H groups in total. The van der Waals surface area contributed by atoms with Gasteiger partial charge in [-0.2, -0.15) is 0 Å². The molecule has 0 spiro atoms. The van der Waals surface area contributed by atoms with Crippen molar-refractivity contribution in [3.8, 4) is 0 Å². The van der Waals surface area contributed by atoms with Crippen LogP contribution in [0.15, 0.2) is 47.7 Å². The molecule has 0 aliphatic carbocycles. The Morgan fingerprint density at radius 3 is 2.92 bits per heavy atom. The topological polar surface area (TPSA) is 65.4 Å². The number of nitrogens with zero attached hydrogens (tertiary/aromatic N) is 4. The van der Waals surface area contributed by atoms with Crippen molar-refractivity contribution in [1.29, 1.82) is 0 Å². The van der Waals surface area contributed by atoms with Crippen LogP contribution in [0.2, 0.25) is 0 Å². The second-order valence-corrected chi connectivity index (χ2v) is 5.90. The number of rotatable bonds is 5. The average Bonchev–Trinajstić information content (AvgIpc) is 3.09. The maximum Gasteiger partial charge on any atom is 0.191 e. The minimum atomic E-state index is -0.279. The van der Waals surface area contributed by atoms with Crippen LogP contribution in [0.1, 0.15) is 19.0 Å². The number of anilines is 1. The van der Waals surface area contributed by atoms with E-state index in [2.05, 4.69) is 25.6 Å². The number of pyridine rings is 2. The molecule has 1 saturated heterocycles. The maximum absolute atomic E-state index is 13.9. The summed E-state index contributed by atoms with van der Waals surface area (Å²) in [5.41, 5.74) is 0.920. The number of aromatic nitrogens is 2. The van der Waals surface area contributed by atoms with Gasteiger partial charge in [0.05, 0.1) is 12.2 Å². The summed E-state index contributed by atoms with van der Waals surface area (Å²) in [5, 5.41) is 6.67. The highest BCUT2D eigenvalue weighted by Crippen LogP contribution is 2.20. The first-order chi connectivity index (χ1) is 12.3. The summed E-state index contributed by atoms with van der Waals surface area (Å²) in [4.78, 5) is 15.0. The van der Waals surface area contributed by atoms with E-state index in [1.165, 1.54) is 6.07 Å². The van der Waals surface area contributed by atoms with Gasteiger partial charge in [0.15, 0.2) is 17.6 Å². The second-order valence-electron chi connectivity index (χ2n) is 5.90. The third-order valence-electron chi connectivity index (χ3n) is 4.04. The molecule has 1 unspecified atom stereocenters. The fraction of sp³-hybridized carbons (Fsp3) is 0.389. The molecule has 6 nitrogen and oxygen atoms in total. The highest BCUT2D eigenvalue weighted by atomic mass is 19.1. The first-order valence-corrected chi connectivity index (χ1v) is 8.56. The number of halogens is 1. The molecule has 1 aliphatic heterocycles. The molecular weight excluding hydrogens is 319 g/mol. The van der Waals surface area contributed by atoms with Gasteiger partial charge in [-0.15, -0.1) is 0 Å². The Balaban J connectivity index is 1.60. The quantitative estimate of drug-likeness (QED) is 0.642. The lowest BCUT2D eigenvalue weighted by Crippen LogP contribution is -2.44. The van der Waals surface area contributed by atoms with Crippen LogP contribution in [-0.4, -0.2) is 41.6 Å². The van der Waals surface area contributed by atoms with E-state index in [1.807, 2.05) is 30.0 Å². The molecule has 1 aliphatic rings. The van der Waals surface area contributed by atoms with Crippen LogP contribution in [0.3, 0.4) is 0 Å². The van der Waals surface area contributed by atoms with Crippen LogP contribution in [0.25, 0.3) is 0 Å². The number of hydrogen-bond acceptors (Lipinski definition) is 4. The van der Waals surface area contributed by atoms with Crippen molar-refractivity contribution in [1.82, 2.24) is 20.6 Å². The number of hydrogen-bond donors (Lipinski definition) is 2. The molecule has 3 heterocycles. The van der Waals surface area contributed by atoms with E-state index in [-0.39, 0.29) is 11.9 Å². The summed E-state index contributed by atoms with van der Waals surface area (Å²) < 4.78 is 13.9. The molecule has 0 amide bonds. The van der Waals surface area contributed by atoms with Crippen molar-refractivity contribution < 1.29 is 4.39 Å². The molecule has 1 fully saturated rings. The Labute approximate surface area is 147 Å². The van der Waals surface area contributed by atoms with E-state index >= 15 is 0 Å². The summed E-state index contributed by atoms with van der Waals surface area (Å²) in [6, 6.07) is 9.05. The molecule has 1 atom stereocenters. The van der Waals surface area contributed by atoms with Crippen LogP contribution in [0, 0.1) is 5.82 Å². The number of nitrogens with one attached hydrogen (secondary N) is 2. The maximum atomic E-state index is 13.9. The van der Waals surface area contributed by atoms with Gasteiger partial charge in [0.1, 0.15) is 0 Å². The number of aliphatic imine (C=N–C) groups is 1. The lowest BCUT2D eigenvalue weighted by atomic mass is 10.3. The zero-order valence-corrected chi connectivity index (χ0v) is 14.3. The monoisotopic (exact) mass is 342 g/mol. The molecule has 0 radical (unpaired) electrons. The largest absolute Gasteiger partial charge is 0.357 e. The van der Waals surface area contributed by atoms with Gasteiger partial charge >= 0.3 is 0 Å². The summed E-state index contributed by atoms with van der Waals surface area (Å²) in [6.45, 7) is 4.79. The van der Waals surface area contributed by atoms with E-state index in [1.54, 1.807) is 18.5 Å².